The van der Waals surface area contributed by atoms with Crippen LogP contribution in [0.4, 0.5) is 5.82 Å². The predicted molar refractivity (Wildman–Crippen MR) is 56.9 cm³/mol. The fourth-order valence-corrected chi connectivity index (χ4v) is 2.48. The Morgan fingerprint density at radius 3 is 2.77 bits per heavy atom. The molecule has 0 atom stereocenters. The number of hydrogen-bond acceptors (Lipinski definition) is 4. The molecule has 13 heavy (non-hydrogen) atoms. The molecule has 0 fully saturated rings. The summed E-state index contributed by atoms with van der Waals surface area (Å²) in [6, 6.07) is 3.80. The van der Waals surface area contributed by atoms with Crippen LogP contribution in [0, 0.1) is 0 Å². The standard InChI is InChI=1S/C7H4BrClN2OS/c8-4-2-1-3(13-4)6-5(9)7(10)11-12-6/h1-2H,(H2,10,11). The lowest BCUT2D eigenvalue weighted by molar-refractivity contribution is 0.436. The molecule has 0 saturated heterocycles. The SMILES string of the molecule is Nc1noc(-c2ccc(Br)s2)c1Cl. The highest BCUT2D eigenvalue weighted by molar-refractivity contribution is 9.11. The third-order valence-electron chi connectivity index (χ3n) is 1.46. The zero-order valence-electron chi connectivity index (χ0n) is 6.25. The number of anilines is 1. The van der Waals surface area contributed by atoms with Gasteiger partial charge in [-0.05, 0) is 28.1 Å². The maximum atomic E-state index is 5.86. The molecule has 0 aliphatic rings. The first-order chi connectivity index (χ1) is 6.18. The van der Waals surface area contributed by atoms with E-state index in [1.165, 1.54) is 11.3 Å². The Labute approximate surface area is 91.6 Å². The first-order valence-corrected chi connectivity index (χ1v) is 5.33. The second-order valence-electron chi connectivity index (χ2n) is 2.31. The molecule has 0 aliphatic heterocycles. The molecule has 2 aromatic rings. The van der Waals surface area contributed by atoms with Gasteiger partial charge in [-0.15, -0.1) is 11.3 Å². The van der Waals surface area contributed by atoms with Crippen LogP contribution in [0.2, 0.25) is 5.02 Å². The predicted octanol–water partition coefficient (Wildman–Crippen LogP) is 3.40. The molecular weight excluding hydrogens is 276 g/mol. The minimum atomic E-state index is 0.223. The Kier molecular flexibility index (Phi) is 2.31. The lowest BCUT2D eigenvalue weighted by atomic mass is 10.3. The van der Waals surface area contributed by atoms with Crippen molar-refractivity contribution in [3.63, 3.8) is 0 Å². The van der Waals surface area contributed by atoms with Crippen LogP contribution < -0.4 is 5.73 Å². The molecule has 0 unspecified atom stereocenters. The van der Waals surface area contributed by atoms with Crippen LogP contribution in [0.25, 0.3) is 10.6 Å². The van der Waals surface area contributed by atoms with Crippen molar-refractivity contribution in [3.05, 3.63) is 20.9 Å². The molecule has 0 aromatic carbocycles. The Bertz CT molecular complexity index is 439. The maximum Gasteiger partial charge on any atom is 0.197 e. The molecule has 0 aliphatic carbocycles. The quantitative estimate of drug-likeness (QED) is 0.870. The highest BCUT2D eigenvalue weighted by Gasteiger charge is 2.14. The van der Waals surface area contributed by atoms with Gasteiger partial charge in [-0.2, -0.15) is 0 Å². The van der Waals surface area contributed by atoms with Crippen LogP contribution in [0.3, 0.4) is 0 Å². The fraction of sp³-hybridized carbons (Fsp3) is 0. The Hall–Kier alpha value is -0.520. The number of hydrogen-bond donors (Lipinski definition) is 1. The second kappa shape index (κ2) is 3.32. The van der Waals surface area contributed by atoms with E-state index in [-0.39, 0.29) is 5.82 Å². The summed E-state index contributed by atoms with van der Waals surface area (Å²) in [6.07, 6.45) is 0. The van der Waals surface area contributed by atoms with Crippen molar-refractivity contribution in [1.82, 2.24) is 5.16 Å². The minimum absolute atomic E-state index is 0.223. The molecule has 3 nitrogen and oxygen atoms in total. The van der Waals surface area contributed by atoms with Crippen LogP contribution in [0.1, 0.15) is 0 Å². The lowest BCUT2D eigenvalue weighted by Crippen LogP contribution is -1.82. The van der Waals surface area contributed by atoms with Crippen LogP contribution in [0.5, 0.6) is 0 Å². The van der Waals surface area contributed by atoms with E-state index in [1.54, 1.807) is 0 Å². The molecule has 2 heterocycles. The summed E-state index contributed by atoms with van der Waals surface area (Å²) in [5.74, 6) is 0.746. The Morgan fingerprint density at radius 2 is 2.31 bits per heavy atom. The molecule has 6 heteroatoms. The summed E-state index contributed by atoms with van der Waals surface area (Å²) in [4.78, 5) is 0.904. The normalized spacial score (nSPS) is 10.6. The smallest absolute Gasteiger partial charge is 0.197 e. The number of nitrogens with two attached hydrogens (primary N) is 1. The maximum absolute atomic E-state index is 5.86. The van der Waals surface area contributed by atoms with E-state index in [1.807, 2.05) is 12.1 Å². The number of halogens is 2. The first-order valence-electron chi connectivity index (χ1n) is 3.35. The van der Waals surface area contributed by atoms with Gasteiger partial charge >= 0.3 is 0 Å². The van der Waals surface area contributed by atoms with Gasteiger partial charge < -0.3 is 10.3 Å². The number of aromatic nitrogens is 1. The van der Waals surface area contributed by atoms with Crippen molar-refractivity contribution in [2.45, 2.75) is 0 Å². The van der Waals surface area contributed by atoms with Gasteiger partial charge in [0.25, 0.3) is 0 Å². The van der Waals surface area contributed by atoms with E-state index in [2.05, 4.69) is 21.1 Å². The average molecular weight is 280 g/mol. The van der Waals surface area contributed by atoms with Gasteiger partial charge in [0.15, 0.2) is 11.6 Å². The van der Waals surface area contributed by atoms with Gasteiger partial charge in [-0.3, -0.25) is 0 Å². The third kappa shape index (κ3) is 1.59. The molecule has 68 valence electrons. The topological polar surface area (TPSA) is 52.0 Å². The van der Waals surface area contributed by atoms with Crippen molar-refractivity contribution >= 4 is 44.7 Å². The molecule has 0 saturated carbocycles. The molecule has 2 N–H and O–H groups in total. The van der Waals surface area contributed by atoms with Crippen LogP contribution >= 0.6 is 38.9 Å². The molecular formula is C7H4BrClN2OS. The van der Waals surface area contributed by atoms with Gasteiger partial charge in [0.05, 0.1) is 8.66 Å². The summed E-state index contributed by atoms with van der Waals surface area (Å²) < 4.78 is 5.98. The van der Waals surface area contributed by atoms with E-state index < -0.39 is 0 Å². The van der Waals surface area contributed by atoms with Crippen molar-refractivity contribution in [1.29, 1.82) is 0 Å². The fourth-order valence-electron chi connectivity index (χ4n) is 0.881. The zero-order valence-corrected chi connectivity index (χ0v) is 9.41. The lowest BCUT2D eigenvalue weighted by Gasteiger charge is -1.87. The second-order valence-corrected chi connectivity index (χ2v) is 5.16. The van der Waals surface area contributed by atoms with Crippen molar-refractivity contribution in [2.24, 2.45) is 0 Å². The van der Waals surface area contributed by atoms with E-state index >= 15 is 0 Å². The highest BCUT2D eigenvalue weighted by Crippen LogP contribution is 2.37. The summed E-state index contributed by atoms with van der Waals surface area (Å²) in [5.41, 5.74) is 5.44. The largest absolute Gasteiger partial charge is 0.380 e. The molecule has 0 radical (unpaired) electrons. The van der Waals surface area contributed by atoms with Gasteiger partial charge in [-0.1, -0.05) is 16.8 Å². The molecule has 0 bridgehead atoms. The number of nitrogens with zero attached hydrogens (tertiary/aromatic N) is 1. The monoisotopic (exact) mass is 278 g/mol. The number of nitrogen functional groups attached to an aromatic ring is 1. The van der Waals surface area contributed by atoms with Gasteiger partial charge in [0.2, 0.25) is 0 Å². The molecule has 0 amide bonds. The average Bonchev–Trinajstić information content (AvgIpc) is 2.62. The summed E-state index contributed by atoms with van der Waals surface area (Å²) >= 11 is 10.7. The number of thiophene rings is 1. The van der Waals surface area contributed by atoms with E-state index in [0.717, 1.165) is 8.66 Å². The van der Waals surface area contributed by atoms with E-state index in [4.69, 9.17) is 21.9 Å². The van der Waals surface area contributed by atoms with Crippen molar-refractivity contribution < 1.29 is 4.52 Å². The first kappa shape index (κ1) is 9.05. The van der Waals surface area contributed by atoms with Gasteiger partial charge in [0.1, 0.15) is 5.02 Å². The third-order valence-corrected chi connectivity index (χ3v) is 3.44. The summed E-state index contributed by atoms with van der Waals surface area (Å²) in [5, 5.41) is 3.93. The molecule has 2 aromatic heterocycles. The van der Waals surface area contributed by atoms with E-state index in [9.17, 15) is 0 Å². The molecule has 2 rings (SSSR count). The molecule has 0 spiro atoms. The van der Waals surface area contributed by atoms with Crippen LogP contribution in [0.15, 0.2) is 20.4 Å². The van der Waals surface area contributed by atoms with Gasteiger partial charge in [0, 0.05) is 0 Å². The minimum Gasteiger partial charge on any atom is -0.380 e. The summed E-state index contributed by atoms with van der Waals surface area (Å²) in [6.45, 7) is 0. The zero-order chi connectivity index (χ0) is 9.42. The van der Waals surface area contributed by atoms with Crippen LogP contribution in [-0.4, -0.2) is 5.16 Å². The summed E-state index contributed by atoms with van der Waals surface area (Å²) in [7, 11) is 0. The van der Waals surface area contributed by atoms with Gasteiger partial charge in [-0.25, -0.2) is 0 Å². The highest BCUT2D eigenvalue weighted by atomic mass is 79.9. The van der Waals surface area contributed by atoms with Crippen molar-refractivity contribution in [2.75, 3.05) is 5.73 Å². The number of rotatable bonds is 1. The van der Waals surface area contributed by atoms with Crippen LogP contribution in [-0.2, 0) is 0 Å². The Morgan fingerprint density at radius 1 is 1.54 bits per heavy atom. The van der Waals surface area contributed by atoms with E-state index in [0.29, 0.717) is 10.8 Å². The Balaban J connectivity index is 2.52. The van der Waals surface area contributed by atoms with Crippen molar-refractivity contribution in [3.8, 4) is 10.6 Å².